The highest BCUT2D eigenvalue weighted by atomic mass is 35.5. The Labute approximate surface area is 181 Å². The van der Waals surface area contributed by atoms with Gasteiger partial charge in [-0.15, -0.1) is 11.6 Å². The van der Waals surface area contributed by atoms with Crippen LogP contribution in [0.25, 0.3) is 0 Å². The number of hydrogen-bond acceptors (Lipinski definition) is 4. The summed E-state index contributed by atoms with van der Waals surface area (Å²) in [6.07, 6.45) is 0. The van der Waals surface area contributed by atoms with E-state index >= 15 is 0 Å². The zero-order chi connectivity index (χ0) is 21.7. The van der Waals surface area contributed by atoms with Gasteiger partial charge in [-0.25, -0.2) is 8.42 Å². The molecule has 0 radical (unpaired) electrons. The molecule has 1 N–H and O–H groups in total. The standard InChI is InChI=1S/C21H24ClN3O4S/c1-16-6-5-9-18(12-16)30(28,29)25-11-10-24(20(26)13-22)15-19(25)21(27)23-14-17-7-3-2-4-8-17/h2-9,12,19H,10-11,13-15H2,1H3,(H,23,27). The molecule has 1 unspecified atom stereocenters. The van der Waals surface area contributed by atoms with Gasteiger partial charge in [-0.3, -0.25) is 9.59 Å². The molecule has 1 aliphatic heterocycles. The van der Waals surface area contributed by atoms with Crippen molar-refractivity contribution in [1.82, 2.24) is 14.5 Å². The Balaban J connectivity index is 1.86. The van der Waals surface area contributed by atoms with Gasteiger partial charge in [-0.1, -0.05) is 42.5 Å². The van der Waals surface area contributed by atoms with Gasteiger partial charge in [-0.05, 0) is 30.2 Å². The van der Waals surface area contributed by atoms with E-state index in [1.165, 1.54) is 15.3 Å². The first-order chi connectivity index (χ1) is 14.3. The lowest BCUT2D eigenvalue weighted by Crippen LogP contribution is -2.61. The molecule has 0 saturated carbocycles. The van der Waals surface area contributed by atoms with Crippen molar-refractivity contribution >= 4 is 33.4 Å². The van der Waals surface area contributed by atoms with E-state index in [1.54, 1.807) is 25.1 Å². The Kier molecular flexibility index (Phi) is 7.12. The average Bonchev–Trinajstić information content (AvgIpc) is 2.77. The number of rotatable bonds is 6. The summed E-state index contributed by atoms with van der Waals surface area (Å²) in [7, 11) is -3.92. The van der Waals surface area contributed by atoms with Crippen LogP contribution in [0.4, 0.5) is 0 Å². The number of nitrogens with zero attached hydrogens (tertiary/aromatic N) is 2. The van der Waals surface area contributed by atoms with Gasteiger partial charge < -0.3 is 10.2 Å². The van der Waals surface area contributed by atoms with Crippen LogP contribution >= 0.6 is 11.6 Å². The van der Waals surface area contributed by atoms with E-state index in [9.17, 15) is 18.0 Å². The van der Waals surface area contributed by atoms with Crippen molar-refractivity contribution in [3.05, 3.63) is 65.7 Å². The lowest BCUT2D eigenvalue weighted by atomic mass is 10.1. The van der Waals surface area contributed by atoms with E-state index in [4.69, 9.17) is 11.6 Å². The van der Waals surface area contributed by atoms with Crippen LogP contribution in [0.3, 0.4) is 0 Å². The highest BCUT2D eigenvalue weighted by molar-refractivity contribution is 7.89. The molecule has 1 fully saturated rings. The van der Waals surface area contributed by atoms with Crippen LogP contribution in [-0.2, 0) is 26.2 Å². The molecule has 0 bridgehead atoms. The average molecular weight is 450 g/mol. The zero-order valence-corrected chi connectivity index (χ0v) is 18.2. The second-order valence-electron chi connectivity index (χ2n) is 7.12. The number of benzene rings is 2. The fraction of sp³-hybridized carbons (Fsp3) is 0.333. The number of amides is 2. The smallest absolute Gasteiger partial charge is 0.243 e. The third kappa shape index (κ3) is 5.00. The molecule has 0 spiro atoms. The SMILES string of the molecule is Cc1cccc(S(=O)(=O)N2CCN(C(=O)CCl)CC2C(=O)NCc2ccccc2)c1. The molecule has 0 aromatic heterocycles. The van der Waals surface area contributed by atoms with Gasteiger partial charge in [0, 0.05) is 26.2 Å². The minimum absolute atomic E-state index is 0.0162. The van der Waals surface area contributed by atoms with Gasteiger partial charge >= 0.3 is 0 Å². The molecule has 0 aliphatic carbocycles. The Morgan fingerprint density at radius 1 is 1.10 bits per heavy atom. The van der Waals surface area contributed by atoms with E-state index in [2.05, 4.69) is 5.32 Å². The summed E-state index contributed by atoms with van der Waals surface area (Å²) in [5, 5.41) is 2.80. The van der Waals surface area contributed by atoms with Crippen molar-refractivity contribution in [3.63, 3.8) is 0 Å². The van der Waals surface area contributed by atoms with Crippen molar-refractivity contribution in [2.24, 2.45) is 0 Å². The van der Waals surface area contributed by atoms with E-state index in [0.717, 1.165) is 11.1 Å². The maximum Gasteiger partial charge on any atom is 0.243 e. The van der Waals surface area contributed by atoms with Gasteiger partial charge in [0.05, 0.1) is 4.90 Å². The fourth-order valence-corrected chi connectivity index (χ4v) is 5.24. The maximum atomic E-state index is 13.3. The molecule has 3 rings (SSSR count). The van der Waals surface area contributed by atoms with Crippen molar-refractivity contribution < 1.29 is 18.0 Å². The van der Waals surface area contributed by atoms with Crippen molar-refractivity contribution in [2.75, 3.05) is 25.5 Å². The molecular weight excluding hydrogens is 426 g/mol. The third-order valence-electron chi connectivity index (χ3n) is 5.01. The van der Waals surface area contributed by atoms with Gasteiger partial charge in [0.2, 0.25) is 21.8 Å². The Morgan fingerprint density at radius 3 is 2.50 bits per heavy atom. The van der Waals surface area contributed by atoms with E-state index in [-0.39, 0.29) is 42.9 Å². The second kappa shape index (κ2) is 9.59. The summed E-state index contributed by atoms with van der Waals surface area (Å²) in [5.74, 6) is -1.00. The molecule has 1 heterocycles. The first-order valence-electron chi connectivity index (χ1n) is 9.57. The summed E-state index contributed by atoms with van der Waals surface area (Å²) in [6, 6.07) is 14.8. The van der Waals surface area contributed by atoms with E-state index in [1.807, 2.05) is 30.3 Å². The lowest BCUT2D eigenvalue weighted by molar-refractivity contribution is -0.134. The van der Waals surface area contributed by atoms with Gasteiger partial charge in [-0.2, -0.15) is 4.31 Å². The fourth-order valence-electron chi connectivity index (χ4n) is 3.39. The van der Waals surface area contributed by atoms with Crippen LogP contribution in [-0.4, -0.2) is 61.0 Å². The van der Waals surface area contributed by atoms with E-state index < -0.39 is 22.0 Å². The predicted molar refractivity (Wildman–Crippen MR) is 114 cm³/mol. The molecule has 7 nitrogen and oxygen atoms in total. The van der Waals surface area contributed by atoms with Crippen LogP contribution in [0, 0.1) is 6.92 Å². The van der Waals surface area contributed by atoms with Crippen molar-refractivity contribution in [3.8, 4) is 0 Å². The molecule has 1 saturated heterocycles. The van der Waals surface area contributed by atoms with Crippen LogP contribution in [0.1, 0.15) is 11.1 Å². The summed E-state index contributed by atoms with van der Waals surface area (Å²) in [5.41, 5.74) is 1.69. The van der Waals surface area contributed by atoms with Crippen LogP contribution in [0.15, 0.2) is 59.5 Å². The van der Waals surface area contributed by atoms with Gasteiger partial charge in [0.1, 0.15) is 11.9 Å². The van der Waals surface area contributed by atoms with Crippen LogP contribution in [0.2, 0.25) is 0 Å². The summed E-state index contributed by atoms with van der Waals surface area (Å²) in [6.45, 7) is 2.22. The number of carbonyl (C=O) groups is 2. The van der Waals surface area contributed by atoms with Gasteiger partial charge in [0.25, 0.3) is 0 Å². The first-order valence-corrected chi connectivity index (χ1v) is 11.5. The Hall–Kier alpha value is -2.42. The lowest BCUT2D eigenvalue weighted by Gasteiger charge is -2.39. The largest absolute Gasteiger partial charge is 0.351 e. The monoisotopic (exact) mass is 449 g/mol. The summed E-state index contributed by atoms with van der Waals surface area (Å²) in [4.78, 5) is 26.6. The second-order valence-corrected chi connectivity index (χ2v) is 9.28. The molecule has 2 aromatic carbocycles. The topological polar surface area (TPSA) is 86.8 Å². The van der Waals surface area contributed by atoms with Crippen LogP contribution < -0.4 is 5.32 Å². The number of carbonyl (C=O) groups excluding carboxylic acids is 2. The third-order valence-corrected chi connectivity index (χ3v) is 7.14. The quantitative estimate of drug-likeness (QED) is 0.681. The highest BCUT2D eigenvalue weighted by Crippen LogP contribution is 2.23. The zero-order valence-electron chi connectivity index (χ0n) is 16.6. The van der Waals surface area contributed by atoms with E-state index in [0.29, 0.717) is 0 Å². The number of hydrogen-bond donors (Lipinski definition) is 1. The number of sulfonamides is 1. The van der Waals surface area contributed by atoms with Gasteiger partial charge in [0.15, 0.2) is 0 Å². The molecule has 9 heteroatoms. The molecule has 1 atom stereocenters. The first kappa shape index (κ1) is 22.3. The number of piperazine rings is 1. The Bertz CT molecular complexity index is 1010. The molecule has 2 aromatic rings. The molecule has 30 heavy (non-hydrogen) atoms. The minimum atomic E-state index is -3.92. The number of halogens is 1. The summed E-state index contributed by atoms with van der Waals surface area (Å²) < 4.78 is 27.8. The normalized spacial score (nSPS) is 17.5. The van der Waals surface area contributed by atoms with Crippen molar-refractivity contribution in [1.29, 1.82) is 0 Å². The number of aryl methyl sites for hydroxylation is 1. The molecule has 2 amide bonds. The molecule has 160 valence electrons. The van der Waals surface area contributed by atoms with Crippen molar-refractivity contribution in [2.45, 2.75) is 24.4 Å². The predicted octanol–water partition coefficient (Wildman–Crippen LogP) is 1.75. The Morgan fingerprint density at radius 2 is 1.83 bits per heavy atom. The molecule has 1 aliphatic rings. The highest BCUT2D eigenvalue weighted by Gasteiger charge is 2.41. The maximum absolute atomic E-state index is 13.3. The minimum Gasteiger partial charge on any atom is -0.351 e. The number of alkyl halides is 1. The number of nitrogens with one attached hydrogen (secondary N) is 1. The molecular formula is C21H24ClN3O4S. The summed E-state index contributed by atoms with van der Waals surface area (Å²) >= 11 is 5.67. The van der Waals surface area contributed by atoms with Crippen LogP contribution in [0.5, 0.6) is 0 Å².